The lowest BCUT2D eigenvalue weighted by molar-refractivity contribution is -0.118. The van der Waals surface area contributed by atoms with Gasteiger partial charge in [0.15, 0.2) is 15.6 Å². The van der Waals surface area contributed by atoms with Crippen molar-refractivity contribution in [3.8, 4) is 6.07 Å². The van der Waals surface area contributed by atoms with Crippen LogP contribution < -0.4 is 0 Å². The van der Waals surface area contributed by atoms with Crippen LogP contribution in [0.3, 0.4) is 0 Å². The predicted octanol–water partition coefficient (Wildman–Crippen LogP) is 1.44. The largest absolute Gasteiger partial charge is 0.296 e. The summed E-state index contributed by atoms with van der Waals surface area (Å²) in [6.07, 6.45) is 0.926. The van der Waals surface area contributed by atoms with E-state index in [0.29, 0.717) is 0 Å². The third kappa shape index (κ3) is 3.14. The average molecular weight is 269 g/mol. The molecular weight excluding hydrogens is 257 g/mol. The van der Waals surface area contributed by atoms with Gasteiger partial charge in [-0.3, -0.25) is 4.79 Å². The van der Waals surface area contributed by atoms with E-state index in [4.69, 9.17) is 5.26 Å². The molecule has 0 bridgehead atoms. The summed E-state index contributed by atoms with van der Waals surface area (Å²) in [4.78, 5) is 11.9. The first-order chi connectivity index (χ1) is 8.27. The highest BCUT2D eigenvalue weighted by Gasteiger charge is 2.31. The van der Waals surface area contributed by atoms with E-state index in [2.05, 4.69) is 0 Å². The van der Waals surface area contributed by atoms with E-state index in [0.717, 1.165) is 12.3 Å². The van der Waals surface area contributed by atoms with Gasteiger partial charge >= 0.3 is 0 Å². The van der Waals surface area contributed by atoms with Crippen LogP contribution in [0.25, 0.3) is 0 Å². The molecule has 0 heterocycles. The van der Waals surface area contributed by atoms with Gasteiger partial charge in [-0.2, -0.15) is 5.26 Å². The topological polar surface area (TPSA) is 75.0 Å². The van der Waals surface area contributed by atoms with Gasteiger partial charge in [-0.25, -0.2) is 12.8 Å². The van der Waals surface area contributed by atoms with Crippen LogP contribution in [-0.4, -0.2) is 25.7 Å². The summed E-state index contributed by atoms with van der Waals surface area (Å²) >= 11 is 0. The molecule has 4 nitrogen and oxygen atoms in total. The number of hydrogen-bond donors (Lipinski definition) is 0. The second kappa shape index (κ2) is 5.27. The van der Waals surface area contributed by atoms with Crippen LogP contribution >= 0.6 is 0 Å². The summed E-state index contributed by atoms with van der Waals surface area (Å²) in [5.74, 6) is -2.59. The van der Waals surface area contributed by atoms with Crippen LogP contribution in [0.2, 0.25) is 0 Å². The zero-order valence-electron chi connectivity index (χ0n) is 9.92. The minimum Gasteiger partial charge on any atom is -0.296 e. The first-order valence-electron chi connectivity index (χ1n) is 5.15. The molecule has 0 radical (unpaired) electrons. The maximum atomic E-state index is 13.0. The molecule has 0 aliphatic carbocycles. The minimum atomic E-state index is -3.57. The first kappa shape index (κ1) is 14.3. The fraction of sp³-hybridized carbons (Fsp3) is 0.333. The van der Waals surface area contributed by atoms with E-state index >= 15 is 0 Å². The molecule has 0 aliphatic heterocycles. The maximum Gasteiger partial charge on any atom is 0.172 e. The molecule has 96 valence electrons. The molecule has 0 saturated carbocycles. The molecule has 0 aromatic heterocycles. The lowest BCUT2D eigenvalue weighted by Gasteiger charge is -2.13. The van der Waals surface area contributed by atoms with Gasteiger partial charge < -0.3 is 0 Å². The Morgan fingerprint density at radius 2 is 2.06 bits per heavy atom. The second-order valence-electron chi connectivity index (χ2n) is 3.99. The van der Waals surface area contributed by atoms with Crippen molar-refractivity contribution < 1.29 is 17.6 Å². The number of sulfone groups is 1. The maximum absolute atomic E-state index is 13.0. The summed E-state index contributed by atoms with van der Waals surface area (Å²) < 4.78 is 35.6. The van der Waals surface area contributed by atoms with Gasteiger partial charge in [0.2, 0.25) is 0 Å². The van der Waals surface area contributed by atoms with E-state index in [1.807, 2.05) is 0 Å². The highest BCUT2D eigenvalue weighted by Crippen LogP contribution is 2.20. The first-order valence-corrected chi connectivity index (χ1v) is 7.10. The molecule has 18 heavy (non-hydrogen) atoms. The molecule has 2 unspecified atom stereocenters. The van der Waals surface area contributed by atoms with Crippen LogP contribution in [0.4, 0.5) is 4.39 Å². The Balaban J connectivity index is 3.14. The van der Waals surface area contributed by atoms with Crippen LogP contribution in [0, 0.1) is 17.1 Å². The van der Waals surface area contributed by atoms with Gasteiger partial charge in [0.25, 0.3) is 0 Å². The van der Waals surface area contributed by atoms with Gasteiger partial charge in [0.1, 0.15) is 17.0 Å². The van der Waals surface area contributed by atoms with Crippen molar-refractivity contribution >= 4 is 15.6 Å². The second-order valence-corrected chi connectivity index (χ2v) is 6.36. The molecule has 1 aromatic rings. The van der Waals surface area contributed by atoms with Crippen LogP contribution in [0.5, 0.6) is 0 Å². The Morgan fingerprint density at radius 3 is 2.50 bits per heavy atom. The number of benzene rings is 1. The summed E-state index contributed by atoms with van der Waals surface area (Å²) in [6, 6.07) is 6.75. The Bertz CT molecular complexity index is 604. The lowest BCUT2D eigenvalue weighted by atomic mass is 9.94. The Labute approximate surface area is 105 Å². The van der Waals surface area contributed by atoms with Gasteiger partial charge in [-0.15, -0.1) is 0 Å². The van der Waals surface area contributed by atoms with Crippen LogP contribution in [-0.2, 0) is 14.6 Å². The monoisotopic (exact) mass is 269 g/mol. The number of carbonyl (C=O) groups excluding carboxylic acids is 1. The van der Waals surface area contributed by atoms with Crippen LogP contribution in [0.1, 0.15) is 18.4 Å². The number of nitriles is 1. The van der Waals surface area contributed by atoms with Gasteiger partial charge in [0.05, 0.1) is 6.07 Å². The van der Waals surface area contributed by atoms with E-state index in [1.165, 1.54) is 25.1 Å². The summed E-state index contributed by atoms with van der Waals surface area (Å²) in [6.45, 7) is 1.22. The van der Waals surface area contributed by atoms with Gasteiger partial charge in [-0.1, -0.05) is 12.1 Å². The Kier molecular flexibility index (Phi) is 4.19. The number of ketones is 1. The van der Waals surface area contributed by atoms with Crippen LogP contribution in [0.15, 0.2) is 24.3 Å². The normalized spacial score (nSPS) is 14.6. The summed E-state index contributed by atoms with van der Waals surface area (Å²) in [7, 11) is -3.57. The number of halogens is 1. The average Bonchev–Trinajstić information content (AvgIpc) is 2.27. The highest BCUT2D eigenvalue weighted by atomic mass is 32.2. The molecule has 0 amide bonds. The molecule has 1 aromatic carbocycles. The van der Waals surface area contributed by atoms with E-state index in [1.54, 1.807) is 6.07 Å². The lowest BCUT2D eigenvalue weighted by Crippen LogP contribution is -2.30. The fourth-order valence-electron chi connectivity index (χ4n) is 1.43. The van der Waals surface area contributed by atoms with Crippen molar-refractivity contribution in [1.82, 2.24) is 0 Å². The molecule has 0 saturated heterocycles. The number of hydrogen-bond acceptors (Lipinski definition) is 4. The molecular formula is C12H12FNO3S. The number of Topliss-reactive ketones (excluding diaryl/α,β-unsaturated/α-hetero) is 1. The van der Waals surface area contributed by atoms with E-state index < -0.39 is 32.6 Å². The standard InChI is InChI=1S/C12H12FNO3S/c1-8(18(2,16)17)12(15)11(7-14)9-4-3-5-10(13)6-9/h3-6,8,11H,1-2H3. The predicted molar refractivity (Wildman–Crippen MR) is 64.1 cm³/mol. The van der Waals surface area contributed by atoms with Crippen molar-refractivity contribution in [2.75, 3.05) is 6.26 Å². The smallest absolute Gasteiger partial charge is 0.172 e. The van der Waals surface area contributed by atoms with Crippen molar-refractivity contribution in [3.63, 3.8) is 0 Å². The molecule has 2 atom stereocenters. The van der Waals surface area contributed by atoms with Crippen molar-refractivity contribution in [2.45, 2.75) is 18.1 Å². The molecule has 0 N–H and O–H groups in total. The quantitative estimate of drug-likeness (QED) is 0.828. The van der Waals surface area contributed by atoms with Crippen molar-refractivity contribution in [3.05, 3.63) is 35.6 Å². The zero-order valence-corrected chi connectivity index (χ0v) is 10.7. The Morgan fingerprint density at radius 1 is 1.44 bits per heavy atom. The molecule has 0 aliphatic rings. The van der Waals surface area contributed by atoms with Crippen molar-refractivity contribution in [2.24, 2.45) is 0 Å². The molecule has 0 spiro atoms. The van der Waals surface area contributed by atoms with E-state index in [9.17, 15) is 17.6 Å². The van der Waals surface area contributed by atoms with E-state index in [-0.39, 0.29) is 5.56 Å². The van der Waals surface area contributed by atoms with Gasteiger partial charge in [0, 0.05) is 6.26 Å². The SMILES string of the molecule is CC(C(=O)C(C#N)c1cccc(F)c1)S(C)(=O)=O. The highest BCUT2D eigenvalue weighted by molar-refractivity contribution is 7.92. The minimum absolute atomic E-state index is 0.165. The number of rotatable bonds is 4. The van der Waals surface area contributed by atoms with Gasteiger partial charge in [-0.05, 0) is 24.6 Å². The summed E-state index contributed by atoms with van der Waals surface area (Å²) in [5, 5.41) is 7.68. The number of nitrogens with zero attached hydrogens (tertiary/aromatic N) is 1. The zero-order chi connectivity index (χ0) is 13.9. The molecule has 6 heteroatoms. The molecule has 0 fully saturated rings. The molecule has 1 rings (SSSR count). The third-order valence-corrected chi connectivity index (χ3v) is 4.16. The fourth-order valence-corrected chi connectivity index (χ4v) is 1.99. The van der Waals surface area contributed by atoms with Crippen molar-refractivity contribution in [1.29, 1.82) is 5.26 Å². The number of carbonyl (C=O) groups is 1. The summed E-state index contributed by atoms with van der Waals surface area (Å²) in [5.41, 5.74) is 0.165. The Hall–Kier alpha value is -1.74. The third-order valence-electron chi connectivity index (χ3n) is 2.64.